The van der Waals surface area contributed by atoms with E-state index >= 15 is 0 Å². The van der Waals surface area contributed by atoms with Gasteiger partial charge in [0.15, 0.2) is 5.78 Å². The molecule has 0 saturated carbocycles. The number of hydrogen-bond acceptors (Lipinski definition) is 7. The number of hydrogen-bond donors (Lipinski definition) is 0. The molecule has 2 aromatic rings. The first-order chi connectivity index (χ1) is 16.0. The number of imide groups is 2. The van der Waals surface area contributed by atoms with E-state index < -0.39 is 52.0 Å². The third-order valence-electron chi connectivity index (χ3n) is 5.79. The van der Waals surface area contributed by atoms with Crippen LogP contribution in [0.2, 0.25) is 0 Å². The molecule has 2 unspecified atom stereocenters. The number of carbonyl (C=O) groups is 7. The van der Waals surface area contributed by atoms with Gasteiger partial charge in [-0.1, -0.05) is 12.1 Å². The number of carbonyl (C=O) groups excluding carboxylic acids is 7. The molecule has 34 heavy (non-hydrogen) atoms. The fraction of sp³-hybridized carbons (Fsp3) is 0.174. The second kappa shape index (κ2) is 8.27. The van der Waals surface area contributed by atoms with Crippen molar-refractivity contribution in [2.45, 2.75) is 25.9 Å². The lowest BCUT2D eigenvalue weighted by Crippen LogP contribution is -2.41. The summed E-state index contributed by atoms with van der Waals surface area (Å²) in [7, 11) is 0. The molecule has 2 aliphatic rings. The van der Waals surface area contributed by atoms with Crippen LogP contribution in [0.3, 0.4) is 0 Å². The minimum atomic E-state index is -1.18. The van der Waals surface area contributed by atoms with Crippen LogP contribution in [0, 0.1) is 0 Å². The highest BCUT2D eigenvalue weighted by atomic mass is 35.5. The summed E-state index contributed by atoms with van der Waals surface area (Å²) < 4.78 is 0. The van der Waals surface area contributed by atoms with Gasteiger partial charge in [-0.2, -0.15) is 0 Å². The normalized spacial score (nSPS) is 16.5. The van der Waals surface area contributed by atoms with Gasteiger partial charge in [0.25, 0.3) is 23.6 Å². The minimum absolute atomic E-state index is 0.0245. The fourth-order valence-corrected chi connectivity index (χ4v) is 4.07. The molecule has 4 amide bonds. The molecule has 2 aliphatic heterocycles. The maximum absolute atomic E-state index is 13.1. The summed E-state index contributed by atoms with van der Waals surface area (Å²) in [6.07, 6.45) is 0. The molecule has 9 nitrogen and oxygen atoms in total. The Kier molecular flexibility index (Phi) is 5.71. The zero-order valence-corrected chi connectivity index (χ0v) is 19.1. The third kappa shape index (κ3) is 3.44. The van der Waals surface area contributed by atoms with E-state index in [4.69, 9.17) is 23.2 Å². The van der Waals surface area contributed by atoms with Crippen LogP contribution >= 0.6 is 23.2 Å². The first-order valence-corrected chi connectivity index (χ1v) is 10.7. The predicted molar refractivity (Wildman–Crippen MR) is 118 cm³/mol. The third-order valence-corrected chi connectivity index (χ3v) is 6.42. The minimum Gasteiger partial charge on any atom is -0.289 e. The Hall–Kier alpha value is -3.69. The molecule has 0 N–H and O–H groups in total. The molecule has 0 fully saturated rings. The van der Waals surface area contributed by atoms with E-state index in [9.17, 15) is 33.6 Å². The monoisotopic (exact) mass is 500 g/mol. The molecule has 0 bridgehead atoms. The van der Waals surface area contributed by atoms with Gasteiger partial charge in [-0.3, -0.25) is 43.4 Å². The van der Waals surface area contributed by atoms with E-state index in [1.54, 1.807) is 0 Å². The SMILES string of the molecule is CC(C(=O)Cl)N1C(=O)c2ccc(C(=O)c3ccc4c(c3)C(=O)N(C(C)C(=O)Cl)C4=O)cc2C1=O. The Bertz CT molecular complexity index is 1270. The molecule has 0 radical (unpaired) electrons. The second-order valence-electron chi connectivity index (χ2n) is 7.77. The summed E-state index contributed by atoms with van der Waals surface area (Å²) in [4.78, 5) is 88.0. The van der Waals surface area contributed by atoms with Crippen molar-refractivity contribution in [1.29, 1.82) is 0 Å². The molecule has 11 heteroatoms. The summed E-state index contributed by atoms with van der Waals surface area (Å²) in [5.41, 5.74) is 0.0177. The van der Waals surface area contributed by atoms with Crippen molar-refractivity contribution in [2.75, 3.05) is 0 Å². The Balaban J connectivity index is 1.68. The van der Waals surface area contributed by atoms with E-state index in [1.807, 2.05) is 0 Å². The van der Waals surface area contributed by atoms with Crippen molar-refractivity contribution in [3.8, 4) is 0 Å². The zero-order valence-electron chi connectivity index (χ0n) is 17.6. The van der Waals surface area contributed by atoms with Gasteiger partial charge in [0.2, 0.25) is 10.5 Å². The number of amides is 4. The van der Waals surface area contributed by atoms with Gasteiger partial charge in [0.1, 0.15) is 12.1 Å². The maximum Gasteiger partial charge on any atom is 0.262 e. The van der Waals surface area contributed by atoms with Gasteiger partial charge in [-0.15, -0.1) is 0 Å². The van der Waals surface area contributed by atoms with Gasteiger partial charge in [0.05, 0.1) is 22.3 Å². The highest BCUT2D eigenvalue weighted by Crippen LogP contribution is 2.29. The van der Waals surface area contributed by atoms with Gasteiger partial charge in [-0.25, -0.2) is 0 Å². The van der Waals surface area contributed by atoms with Crippen molar-refractivity contribution < 1.29 is 33.6 Å². The molecule has 4 rings (SSSR count). The number of nitrogens with zero attached hydrogens (tertiary/aromatic N) is 2. The van der Waals surface area contributed by atoms with E-state index in [-0.39, 0.29) is 33.4 Å². The quantitative estimate of drug-likeness (QED) is 0.338. The van der Waals surface area contributed by atoms with Crippen LogP contribution < -0.4 is 0 Å². The standard InChI is InChI=1S/C23H14Cl2N2O7/c1-9(18(24)29)26-20(31)13-5-3-11(7-15(13)22(26)33)17(28)12-4-6-14-16(8-12)23(34)27(21(14)32)10(2)19(25)30/h3-10H,1-2H3. The van der Waals surface area contributed by atoms with E-state index in [0.29, 0.717) is 0 Å². The van der Waals surface area contributed by atoms with Crippen molar-refractivity contribution >= 4 is 63.1 Å². The average Bonchev–Trinajstić information content (AvgIpc) is 3.20. The van der Waals surface area contributed by atoms with Gasteiger partial charge < -0.3 is 0 Å². The topological polar surface area (TPSA) is 126 Å². The van der Waals surface area contributed by atoms with Crippen molar-refractivity contribution in [3.05, 3.63) is 69.8 Å². The maximum atomic E-state index is 13.1. The van der Waals surface area contributed by atoms with Crippen LogP contribution in [0.15, 0.2) is 36.4 Å². The molecule has 2 aromatic carbocycles. The second-order valence-corrected chi connectivity index (χ2v) is 8.52. The van der Waals surface area contributed by atoms with E-state index in [2.05, 4.69) is 0 Å². The van der Waals surface area contributed by atoms with Crippen molar-refractivity contribution in [1.82, 2.24) is 9.80 Å². The smallest absolute Gasteiger partial charge is 0.262 e. The largest absolute Gasteiger partial charge is 0.289 e. The van der Waals surface area contributed by atoms with Crippen LogP contribution in [-0.4, -0.2) is 61.8 Å². The number of ketones is 1. The molecular weight excluding hydrogens is 487 g/mol. The molecule has 0 aliphatic carbocycles. The van der Waals surface area contributed by atoms with Gasteiger partial charge in [-0.05, 0) is 61.3 Å². The summed E-state index contributed by atoms with van der Waals surface area (Å²) in [5.74, 6) is -3.51. The van der Waals surface area contributed by atoms with Crippen molar-refractivity contribution in [2.24, 2.45) is 0 Å². The lowest BCUT2D eigenvalue weighted by Gasteiger charge is -2.18. The van der Waals surface area contributed by atoms with Crippen molar-refractivity contribution in [3.63, 3.8) is 0 Å². The molecule has 0 aromatic heterocycles. The molecular formula is C23H14Cl2N2O7. The molecule has 0 spiro atoms. The number of benzene rings is 2. The Morgan fingerprint density at radius 1 is 0.618 bits per heavy atom. The van der Waals surface area contributed by atoms with E-state index in [0.717, 1.165) is 9.80 Å². The highest BCUT2D eigenvalue weighted by molar-refractivity contribution is 6.65. The van der Waals surface area contributed by atoms with Gasteiger partial charge in [0, 0.05) is 11.1 Å². The lowest BCUT2D eigenvalue weighted by atomic mass is 9.96. The predicted octanol–water partition coefficient (Wildman–Crippen LogP) is 2.42. The first kappa shape index (κ1) is 23.5. The summed E-state index contributed by atoms with van der Waals surface area (Å²) >= 11 is 10.9. The molecule has 0 saturated heterocycles. The number of fused-ring (bicyclic) bond motifs is 2. The first-order valence-electron chi connectivity index (χ1n) is 9.93. The zero-order chi connectivity index (χ0) is 25.1. The van der Waals surface area contributed by atoms with Crippen LogP contribution in [0.4, 0.5) is 0 Å². The summed E-state index contributed by atoms with van der Waals surface area (Å²) in [6.45, 7) is 2.63. The molecule has 2 heterocycles. The Morgan fingerprint density at radius 3 is 1.26 bits per heavy atom. The lowest BCUT2D eigenvalue weighted by molar-refractivity contribution is -0.115. The van der Waals surface area contributed by atoms with Gasteiger partial charge >= 0.3 is 0 Å². The number of rotatable bonds is 6. The number of halogens is 2. The average molecular weight is 501 g/mol. The Morgan fingerprint density at radius 2 is 0.941 bits per heavy atom. The summed E-state index contributed by atoms with van der Waals surface area (Å²) in [5, 5.41) is -1.77. The molecule has 172 valence electrons. The van der Waals surface area contributed by atoms with Crippen LogP contribution in [0.5, 0.6) is 0 Å². The van der Waals surface area contributed by atoms with Crippen LogP contribution in [0.1, 0.15) is 71.2 Å². The van der Waals surface area contributed by atoms with E-state index in [1.165, 1.54) is 50.2 Å². The highest BCUT2D eigenvalue weighted by Gasteiger charge is 2.42. The van der Waals surface area contributed by atoms with Crippen LogP contribution in [-0.2, 0) is 9.59 Å². The fourth-order valence-electron chi connectivity index (χ4n) is 3.87. The molecule has 2 atom stereocenters. The summed E-state index contributed by atoms with van der Waals surface area (Å²) in [6, 6.07) is 5.36. The van der Waals surface area contributed by atoms with Crippen LogP contribution in [0.25, 0.3) is 0 Å². The Labute approximate surface area is 202 Å².